The van der Waals surface area contributed by atoms with Gasteiger partial charge in [-0.1, -0.05) is 6.08 Å². The number of allylic oxidation sites excluding steroid dienone is 1. The molecule has 0 aromatic carbocycles. The van der Waals surface area contributed by atoms with E-state index in [1.807, 2.05) is 6.08 Å². The molecule has 1 fully saturated rings. The summed E-state index contributed by atoms with van der Waals surface area (Å²) in [4.78, 5) is 26.1. The molecule has 0 saturated heterocycles. The average Bonchev–Trinajstić information content (AvgIpc) is 2.59. The molecule has 0 aliphatic heterocycles. The first-order valence-electron chi connectivity index (χ1n) is 8.48. The van der Waals surface area contributed by atoms with E-state index in [4.69, 9.17) is 9.84 Å². The minimum absolute atomic E-state index is 0.0348. The Bertz CT molecular complexity index is 640. The van der Waals surface area contributed by atoms with Gasteiger partial charge in [-0.3, -0.25) is 0 Å². The van der Waals surface area contributed by atoms with Crippen LogP contribution in [0.1, 0.15) is 43.0 Å². The van der Waals surface area contributed by atoms with Crippen LogP contribution in [-0.2, 0) is 9.53 Å². The smallest absolute Gasteiger partial charge is 0.339 e. The van der Waals surface area contributed by atoms with Gasteiger partial charge in [-0.05, 0) is 56.6 Å². The molecule has 0 radical (unpaired) electrons. The molecular weight excluding hydrogens is 327 g/mol. The second-order valence-corrected chi connectivity index (χ2v) is 6.11. The van der Waals surface area contributed by atoms with Crippen molar-refractivity contribution in [2.45, 2.75) is 32.6 Å². The third-order valence-electron chi connectivity index (χ3n) is 4.33. The van der Waals surface area contributed by atoms with Gasteiger partial charge in [-0.15, -0.1) is 0 Å². The largest absolute Gasteiger partial charge is 0.478 e. The Morgan fingerprint density at radius 2 is 2.08 bits per heavy atom. The summed E-state index contributed by atoms with van der Waals surface area (Å²) in [7, 11) is 0. The quantitative estimate of drug-likeness (QED) is 0.446. The van der Waals surface area contributed by atoms with Gasteiger partial charge in [0.15, 0.2) is 0 Å². The lowest BCUT2D eigenvalue weighted by atomic mass is 9.82. The summed E-state index contributed by atoms with van der Waals surface area (Å²) in [6, 6.07) is 2.25. The standard InChI is InChI=1S/C18H23FN2O4/c1-2-25-16(22)10-7-12-3-5-13(6-4-12)11-20-17-14(18(23)24)8-9-15(19)21-17/h7-10,12-13H,2-6,11H2,1H3,(H,20,21)(H,23,24)/b10-7+. The van der Waals surface area contributed by atoms with Crippen molar-refractivity contribution < 1.29 is 23.8 Å². The second kappa shape index (κ2) is 9.15. The highest BCUT2D eigenvalue weighted by molar-refractivity contribution is 5.93. The van der Waals surface area contributed by atoms with Crippen LogP contribution in [0.4, 0.5) is 10.2 Å². The topological polar surface area (TPSA) is 88.5 Å². The average molecular weight is 350 g/mol. The molecular formula is C18H23FN2O4. The maximum Gasteiger partial charge on any atom is 0.339 e. The number of aromatic nitrogens is 1. The van der Waals surface area contributed by atoms with E-state index in [1.165, 1.54) is 12.1 Å². The van der Waals surface area contributed by atoms with Crippen molar-refractivity contribution in [1.82, 2.24) is 4.98 Å². The predicted octanol–water partition coefficient (Wildman–Crippen LogP) is 3.26. The first-order valence-corrected chi connectivity index (χ1v) is 8.48. The van der Waals surface area contributed by atoms with E-state index in [9.17, 15) is 14.0 Å². The van der Waals surface area contributed by atoms with Gasteiger partial charge in [-0.25, -0.2) is 14.6 Å². The van der Waals surface area contributed by atoms with E-state index in [1.54, 1.807) is 6.92 Å². The number of nitrogens with zero attached hydrogens (tertiary/aromatic N) is 1. The second-order valence-electron chi connectivity index (χ2n) is 6.11. The number of halogens is 1. The minimum Gasteiger partial charge on any atom is -0.478 e. The van der Waals surface area contributed by atoms with Crippen molar-refractivity contribution >= 4 is 17.8 Å². The van der Waals surface area contributed by atoms with Gasteiger partial charge in [0, 0.05) is 12.6 Å². The molecule has 0 atom stereocenters. The first-order chi connectivity index (χ1) is 12.0. The van der Waals surface area contributed by atoms with Gasteiger partial charge < -0.3 is 15.2 Å². The molecule has 2 N–H and O–H groups in total. The maximum atomic E-state index is 13.2. The summed E-state index contributed by atoms with van der Waals surface area (Å²) in [6.07, 6.45) is 7.18. The fraction of sp³-hybridized carbons (Fsp3) is 0.500. The molecule has 1 aliphatic rings. The SMILES string of the molecule is CCOC(=O)/C=C/C1CCC(CNc2nc(F)ccc2C(=O)O)CC1. The summed E-state index contributed by atoms with van der Waals surface area (Å²) in [5.74, 6) is -1.38. The van der Waals surface area contributed by atoms with Crippen LogP contribution >= 0.6 is 0 Å². The summed E-state index contributed by atoms with van der Waals surface area (Å²) in [5, 5.41) is 12.1. The van der Waals surface area contributed by atoms with Gasteiger partial charge in [0.2, 0.25) is 5.95 Å². The Morgan fingerprint density at radius 3 is 2.72 bits per heavy atom. The number of pyridine rings is 1. The molecule has 1 saturated carbocycles. The highest BCUT2D eigenvalue weighted by Gasteiger charge is 2.21. The van der Waals surface area contributed by atoms with Crippen molar-refractivity contribution in [3.63, 3.8) is 0 Å². The Balaban J connectivity index is 1.82. The molecule has 25 heavy (non-hydrogen) atoms. The minimum atomic E-state index is -1.14. The molecule has 1 aromatic heterocycles. The summed E-state index contributed by atoms with van der Waals surface area (Å²) < 4.78 is 18.1. The number of carboxylic acids is 1. The molecule has 0 spiro atoms. The number of aromatic carboxylic acids is 1. The first kappa shape index (κ1) is 18.9. The number of hydrogen-bond acceptors (Lipinski definition) is 5. The van der Waals surface area contributed by atoms with Crippen molar-refractivity contribution in [2.24, 2.45) is 11.8 Å². The van der Waals surface area contributed by atoms with Gasteiger partial charge in [0.25, 0.3) is 0 Å². The van der Waals surface area contributed by atoms with Crippen LogP contribution in [0.2, 0.25) is 0 Å². The number of carboxylic acid groups (broad SMARTS) is 1. The Morgan fingerprint density at radius 1 is 1.36 bits per heavy atom. The fourth-order valence-electron chi connectivity index (χ4n) is 2.97. The molecule has 1 aromatic rings. The van der Waals surface area contributed by atoms with Gasteiger partial charge in [0.05, 0.1) is 6.61 Å². The fourth-order valence-corrected chi connectivity index (χ4v) is 2.97. The third kappa shape index (κ3) is 5.85. The van der Waals surface area contributed by atoms with Gasteiger partial charge in [0.1, 0.15) is 11.4 Å². The lowest BCUT2D eigenvalue weighted by Gasteiger charge is -2.27. The highest BCUT2D eigenvalue weighted by atomic mass is 19.1. The molecule has 136 valence electrons. The van der Waals surface area contributed by atoms with Gasteiger partial charge in [-0.2, -0.15) is 4.39 Å². The summed E-state index contributed by atoms with van der Waals surface area (Å²) in [6.45, 7) is 2.69. The van der Waals surface area contributed by atoms with Crippen LogP contribution in [0.3, 0.4) is 0 Å². The number of carbonyl (C=O) groups is 2. The van der Waals surface area contributed by atoms with E-state index in [-0.39, 0.29) is 17.4 Å². The van der Waals surface area contributed by atoms with Crippen LogP contribution in [0.5, 0.6) is 0 Å². The lowest BCUT2D eigenvalue weighted by molar-refractivity contribution is -0.137. The molecule has 0 amide bonds. The molecule has 0 unspecified atom stereocenters. The van der Waals surface area contributed by atoms with Crippen LogP contribution < -0.4 is 5.32 Å². The van der Waals surface area contributed by atoms with E-state index < -0.39 is 11.9 Å². The number of esters is 1. The van der Waals surface area contributed by atoms with Crippen molar-refractivity contribution in [3.05, 3.63) is 35.8 Å². The van der Waals surface area contributed by atoms with Crippen molar-refractivity contribution in [1.29, 1.82) is 0 Å². The molecule has 1 heterocycles. The van der Waals surface area contributed by atoms with E-state index in [2.05, 4.69) is 10.3 Å². The highest BCUT2D eigenvalue weighted by Crippen LogP contribution is 2.30. The Kier molecular flexibility index (Phi) is 6.91. The molecule has 2 rings (SSSR count). The summed E-state index contributed by atoms with van der Waals surface area (Å²) >= 11 is 0. The number of hydrogen-bond donors (Lipinski definition) is 2. The van der Waals surface area contributed by atoms with Crippen LogP contribution in [0.25, 0.3) is 0 Å². The normalized spacial score (nSPS) is 20.4. The van der Waals surface area contributed by atoms with E-state index in [0.29, 0.717) is 25.0 Å². The maximum absolute atomic E-state index is 13.2. The number of ether oxygens (including phenoxy) is 1. The summed E-state index contributed by atoms with van der Waals surface area (Å²) in [5.41, 5.74) is -0.0348. The molecule has 0 bridgehead atoms. The monoisotopic (exact) mass is 350 g/mol. The molecule has 7 heteroatoms. The van der Waals surface area contributed by atoms with Crippen LogP contribution in [0.15, 0.2) is 24.3 Å². The number of rotatable bonds is 7. The van der Waals surface area contributed by atoms with Crippen LogP contribution in [-0.4, -0.2) is 35.2 Å². The lowest BCUT2D eigenvalue weighted by Crippen LogP contribution is -2.22. The molecule has 1 aliphatic carbocycles. The van der Waals surface area contributed by atoms with Crippen molar-refractivity contribution in [3.8, 4) is 0 Å². The Labute approximate surface area is 146 Å². The zero-order valence-corrected chi connectivity index (χ0v) is 14.2. The van der Waals surface area contributed by atoms with E-state index in [0.717, 1.165) is 31.7 Å². The predicted molar refractivity (Wildman–Crippen MR) is 90.9 cm³/mol. The molecule has 6 nitrogen and oxygen atoms in total. The van der Waals surface area contributed by atoms with Crippen molar-refractivity contribution in [2.75, 3.05) is 18.5 Å². The number of carbonyl (C=O) groups excluding carboxylic acids is 1. The number of nitrogens with one attached hydrogen (secondary N) is 1. The van der Waals surface area contributed by atoms with Gasteiger partial charge >= 0.3 is 11.9 Å². The Hall–Kier alpha value is -2.44. The zero-order valence-electron chi connectivity index (χ0n) is 14.2. The third-order valence-corrected chi connectivity index (χ3v) is 4.33. The zero-order chi connectivity index (χ0) is 18.2. The van der Waals surface area contributed by atoms with Crippen LogP contribution in [0, 0.1) is 17.8 Å². The number of anilines is 1. The van der Waals surface area contributed by atoms with E-state index >= 15 is 0 Å².